The zero-order valence-electron chi connectivity index (χ0n) is 12.7. The van der Waals surface area contributed by atoms with Gasteiger partial charge in [-0.2, -0.15) is 0 Å². The number of nitrogens with two attached hydrogens (primary N) is 1. The minimum Gasteiger partial charge on any atom is -0.493 e. The minimum absolute atomic E-state index is 0. The molecule has 2 rings (SSSR count). The van der Waals surface area contributed by atoms with Crippen LogP contribution in [0.25, 0.3) is 0 Å². The summed E-state index contributed by atoms with van der Waals surface area (Å²) < 4.78 is 11.5. The van der Waals surface area contributed by atoms with Crippen molar-refractivity contribution in [2.75, 3.05) is 20.3 Å². The second kappa shape index (κ2) is 8.60. The molecular weight excluding hydrogens is 372 g/mol. The van der Waals surface area contributed by atoms with E-state index in [0.29, 0.717) is 40.6 Å². The van der Waals surface area contributed by atoms with E-state index in [0.717, 1.165) is 0 Å². The van der Waals surface area contributed by atoms with Crippen LogP contribution in [0.4, 0.5) is 0 Å². The Balaban J connectivity index is 0.00000242. The number of hydrogen-bond donors (Lipinski definition) is 2. The third kappa shape index (κ3) is 4.76. The second-order valence-corrected chi connectivity index (χ2v) is 5.99. The summed E-state index contributed by atoms with van der Waals surface area (Å²) in [5.74, 6) is 1.54. The van der Waals surface area contributed by atoms with Gasteiger partial charge in [0, 0.05) is 18.2 Å². The van der Waals surface area contributed by atoms with Crippen molar-refractivity contribution >= 4 is 34.2 Å². The fourth-order valence-electron chi connectivity index (χ4n) is 2.14. The predicted octanol–water partition coefficient (Wildman–Crippen LogP) is 2.75. The zero-order valence-corrected chi connectivity index (χ0v) is 15.1. The van der Waals surface area contributed by atoms with Crippen LogP contribution in [0.15, 0.2) is 16.6 Å². The highest BCUT2D eigenvalue weighted by Crippen LogP contribution is 2.36. The first kappa shape index (κ1) is 19.1. The molecule has 0 aromatic heterocycles. The lowest BCUT2D eigenvalue weighted by atomic mass is 10.1. The summed E-state index contributed by atoms with van der Waals surface area (Å²) in [6.45, 7) is 2.92. The Bertz CT molecular complexity index is 524. The summed E-state index contributed by atoms with van der Waals surface area (Å²) in [6.07, 6.45) is 2.33. The number of hydrogen-bond acceptors (Lipinski definition) is 4. The van der Waals surface area contributed by atoms with E-state index in [2.05, 4.69) is 21.2 Å². The van der Waals surface area contributed by atoms with Gasteiger partial charge in [0.2, 0.25) is 0 Å². The van der Waals surface area contributed by atoms with Crippen molar-refractivity contribution in [1.82, 2.24) is 5.32 Å². The Morgan fingerprint density at radius 2 is 2.18 bits per heavy atom. The van der Waals surface area contributed by atoms with Crippen molar-refractivity contribution in [3.05, 3.63) is 22.2 Å². The van der Waals surface area contributed by atoms with E-state index in [-0.39, 0.29) is 24.4 Å². The van der Waals surface area contributed by atoms with E-state index in [1.165, 1.54) is 12.8 Å². The Morgan fingerprint density at radius 3 is 2.73 bits per heavy atom. The number of amides is 1. The standard InChI is InChI=1S/C15H21BrN2O3.ClH/c1-3-21-14-11(16)6-10(7-13(14)20-2)15(19)18-8-12(17)9-4-5-9;/h6-7,9,12H,3-5,8,17H2,1-2H3,(H,18,19);1H. The molecule has 124 valence electrons. The van der Waals surface area contributed by atoms with Crippen LogP contribution in [0.5, 0.6) is 11.5 Å². The molecule has 1 aliphatic carbocycles. The molecule has 1 aliphatic rings. The summed E-state index contributed by atoms with van der Waals surface area (Å²) in [4.78, 5) is 12.2. The summed E-state index contributed by atoms with van der Waals surface area (Å²) in [6, 6.07) is 3.45. The van der Waals surface area contributed by atoms with Crippen LogP contribution in [0.2, 0.25) is 0 Å². The average molecular weight is 394 g/mol. The molecule has 1 unspecified atom stereocenters. The Morgan fingerprint density at radius 1 is 1.50 bits per heavy atom. The van der Waals surface area contributed by atoms with Gasteiger partial charge in [0.25, 0.3) is 5.91 Å². The molecule has 7 heteroatoms. The van der Waals surface area contributed by atoms with Gasteiger partial charge in [-0.25, -0.2) is 0 Å². The van der Waals surface area contributed by atoms with Crippen LogP contribution in [0, 0.1) is 5.92 Å². The molecule has 0 spiro atoms. The number of ether oxygens (including phenoxy) is 2. The smallest absolute Gasteiger partial charge is 0.251 e. The first-order valence-electron chi connectivity index (χ1n) is 7.11. The van der Waals surface area contributed by atoms with Crippen molar-refractivity contribution in [3.8, 4) is 11.5 Å². The number of benzene rings is 1. The van der Waals surface area contributed by atoms with E-state index in [1.807, 2.05) is 6.92 Å². The van der Waals surface area contributed by atoms with Crippen molar-refractivity contribution in [2.24, 2.45) is 11.7 Å². The van der Waals surface area contributed by atoms with E-state index in [9.17, 15) is 4.79 Å². The van der Waals surface area contributed by atoms with Gasteiger partial charge >= 0.3 is 0 Å². The summed E-state index contributed by atoms with van der Waals surface area (Å²) in [7, 11) is 1.55. The SMILES string of the molecule is CCOc1c(Br)cc(C(=O)NCC(N)C2CC2)cc1OC.Cl. The highest BCUT2D eigenvalue weighted by molar-refractivity contribution is 9.10. The molecule has 0 radical (unpaired) electrons. The first-order valence-corrected chi connectivity index (χ1v) is 7.90. The van der Waals surface area contributed by atoms with Crippen LogP contribution in [-0.2, 0) is 0 Å². The van der Waals surface area contributed by atoms with E-state index >= 15 is 0 Å². The van der Waals surface area contributed by atoms with Gasteiger partial charge in [0.05, 0.1) is 18.2 Å². The van der Waals surface area contributed by atoms with Crippen LogP contribution in [0.3, 0.4) is 0 Å². The third-order valence-corrected chi connectivity index (χ3v) is 4.10. The van der Waals surface area contributed by atoms with Crippen LogP contribution in [-0.4, -0.2) is 32.2 Å². The largest absolute Gasteiger partial charge is 0.493 e. The number of nitrogens with one attached hydrogen (secondary N) is 1. The molecule has 0 heterocycles. The Labute approximate surface area is 145 Å². The third-order valence-electron chi connectivity index (χ3n) is 3.51. The average Bonchev–Trinajstić information content (AvgIpc) is 3.31. The lowest BCUT2D eigenvalue weighted by molar-refractivity contribution is 0.0950. The van der Waals surface area contributed by atoms with Gasteiger partial charge in [-0.05, 0) is 53.7 Å². The zero-order chi connectivity index (χ0) is 15.4. The lowest BCUT2D eigenvalue weighted by Gasteiger charge is -2.15. The molecule has 0 bridgehead atoms. The fourth-order valence-corrected chi connectivity index (χ4v) is 2.70. The molecular formula is C15H22BrClN2O3. The summed E-state index contributed by atoms with van der Waals surface area (Å²) >= 11 is 3.41. The molecule has 1 atom stereocenters. The number of carbonyl (C=O) groups excluding carboxylic acids is 1. The number of methoxy groups -OCH3 is 1. The van der Waals surface area contributed by atoms with E-state index < -0.39 is 0 Å². The maximum Gasteiger partial charge on any atom is 0.251 e. The lowest BCUT2D eigenvalue weighted by Crippen LogP contribution is -2.38. The molecule has 3 N–H and O–H groups in total. The second-order valence-electron chi connectivity index (χ2n) is 5.13. The summed E-state index contributed by atoms with van der Waals surface area (Å²) in [5, 5.41) is 2.87. The highest BCUT2D eigenvalue weighted by atomic mass is 79.9. The van der Waals surface area contributed by atoms with Gasteiger partial charge < -0.3 is 20.5 Å². The molecule has 0 aliphatic heterocycles. The van der Waals surface area contributed by atoms with Crippen molar-refractivity contribution in [1.29, 1.82) is 0 Å². The van der Waals surface area contributed by atoms with Gasteiger partial charge in [0.1, 0.15) is 0 Å². The molecule has 1 saturated carbocycles. The van der Waals surface area contributed by atoms with Gasteiger partial charge in [-0.3, -0.25) is 4.79 Å². The Hall–Kier alpha value is -0.980. The first-order chi connectivity index (χ1) is 10.1. The molecule has 1 aromatic carbocycles. The highest BCUT2D eigenvalue weighted by Gasteiger charge is 2.28. The maximum absolute atomic E-state index is 12.2. The van der Waals surface area contributed by atoms with Crippen molar-refractivity contribution < 1.29 is 14.3 Å². The topological polar surface area (TPSA) is 73.6 Å². The molecule has 22 heavy (non-hydrogen) atoms. The minimum atomic E-state index is -0.159. The molecule has 5 nitrogen and oxygen atoms in total. The molecule has 0 saturated heterocycles. The Kier molecular flexibility index (Phi) is 7.45. The fraction of sp³-hybridized carbons (Fsp3) is 0.533. The van der Waals surface area contributed by atoms with Crippen LogP contribution >= 0.6 is 28.3 Å². The molecule has 1 fully saturated rings. The normalized spacial score (nSPS) is 14.7. The van der Waals surface area contributed by atoms with Gasteiger partial charge in [0.15, 0.2) is 11.5 Å². The number of halogens is 2. The molecule has 1 amide bonds. The van der Waals surface area contributed by atoms with E-state index in [1.54, 1.807) is 19.2 Å². The van der Waals surface area contributed by atoms with Gasteiger partial charge in [-0.15, -0.1) is 12.4 Å². The van der Waals surface area contributed by atoms with Crippen LogP contribution < -0.4 is 20.5 Å². The monoisotopic (exact) mass is 392 g/mol. The number of rotatable bonds is 7. The maximum atomic E-state index is 12.2. The van der Waals surface area contributed by atoms with Crippen LogP contribution in [0.1, 0.15) is 30.1 Å². The quantitative estimate of drug-likeness (QED) is 0.747. The summed E-state index contributed by atoms with van der Waals surface area (Å²) in [5.41, 5.74) is 6.50. The van der Waals surface area contributed by atoms with Gasteiger partial charge in [-0.1, -0.05) is 0 Å². The molecule has 1 aromatic rings. The number of carbonyl (C=O) groups is 1. The predicted molar refractivity (Wildman–Crippen MR) is 92.1 cm³/mol. The van der Waals surface area contributed by atoms with E-state index in [4.69, 9.17) is 15.2 Å². The van der Waals surface area contributed by atoms with Crippen molar-refractivity contribution in [2.45, 2.75) is 25.8 Å². The van der Waals surface area contributed by atoms with Crippen molar-refractivity contribution in [3.63, 3.8) is 0 Å².